The van der Waals surface area contributed by atoms with Gasteiger partial charge in [0.2, 0.25) is 12.0 Å². The number of carbonyl (C=O) groups excluding carboxylic acids is 2. The van der Waals surface area contributed by atoms with Crippen LogP contribution < -0.4 is 25.4 Å². The number of anilines is 1. The number of carboxylic acid groups (broad SMARTS) is 1. The third-order valence-electron chi connectivity index (χ3n) is 9.25. The van der Waals surface area contributed by atoms with Gasteiger partial charge in [-0.25, -0.2) is 4.79 Å². The van der Waals surface area contributed by atoms with Gasteiger partial charge in [-0.05, 0) is 88.3 Å². The van der Waals surface area contributed by atoms with E-state index in [1.807, 2.05) is 54.6 Å². The minimum absolute atomic E-state index is 0.102. The third kappa shape index (κ3) is 8.13. The minimum atomic E-state index is -1.14. The molecule has 5 aromatic carbocycles. The summed E-state index contributed by atoms with van der Waals surface area (Å²) in [6.07, 6.45) is -0.479. The largest absolute Gasteiger partial charge is 0.489 e. The second-order valence-corrected chi connectivity index (χ2v) is 13.7. The molecule has 3 atom stereocenters. The Morgan fingerprint density at radius 2 is 1.60 bits per heavy atom. The van der Waals surface area contributed by atoms with Crippen molar-refractivity contribution in [3.8, 4) is 28.7 Å². The number of amides is 2. The van der Waals surface area contributed by atoms with E-state index >= 15 is 0 Å². The zero-order valence-corrected chi connectivity index (χ0v) is 29.6. The fourth-order valence-corrected chi connectivity index (χ4v) is 6.66. The molecular weight excluding hydrogens is 715 g/mol. The number of halogens is 2. The summed E-state index contributed by atoms with van der Waals surface area (Å²) in [6, 6.07) is 31.0. The second-order valence-electron chi connectivity index (χ2n) is 12.8. The van der Waals surface area contributed by atoms with E-state index < -0.39 is 30.1 Å². The molecule has 0 aromatic heterocycles. The van der Waals surface area contributed by atoms with Crippen LogP contribution in [0.15, 0.2) is 103 Å². The van der Waals surface area contributed by atoms with Crippen LogP contribution in [0.5, 0.6) is 11.5 Å². The monoisotopic (exact) mass is 746 g/mol. The van der Waals surface area contributed by atoms with Crippen LogP contribution in [-0.4, -0.2) is 35.0 Å². The summed E-state index contributed by atoms with van der Waals surface area (Å²) in [7, 11) is 0. The Hall–Kier alpha value is -5.86. The maximum Gasteiger partial charge on any atom is 0.326 e. The molecule has 7 rings (SSSR count). The van der Waals surface area contributed by atoms with Crippen molar-refractivity contribution < 1.29 is 29.0 Å². The number of carbonyl (C=O) groups is 3. The van der Waals surface area contributed by atoms with Crippen LogP contribution in [0.4, 0.5) is 5.69 Å². The highest BCUT2D eigenvalue weighted by molar-refractivity contribution is 6.42. The number of nitriles is 1. The molecule has 0 saturated heterocycles. The molecule has 2 aliphatic rings. The van der Waals surface area contributed by atoms with Crippen molar-refractivity contribution in [2.75, 3.05) is 5.32 Å². The molecule has 5 aromatic rings. The van der Waals surface area contributed by atoms with Crippen LogP contribution >= 0.6 is 23.2 Å². The quantitative estimate of drug-likeness (QED) is 0.119. The van der Waals surface area contributed by atoms with Gasteiger partial charge in [0, 0.05) is 18.5 Å². The molecule has 0 saturated carbocycles. The molecule has 266 valence electrons. The average molecular weight is 748 g/mol. The van der Waals surface area contributed by atoms with Gasteiger partial charge < -0.3 is 30.5 Å². The Bertz CT molecular complexity index is 2240. The van der Waals surface area contributed by atoms with Gasteiger partial charge in [-0.3, -0.25) is 9.59 Å². The SMILES string of the molecule is N#Cc1ccc(-c2ccc(C[C@H](NC(=O)C3Cc4cc5c(cc4CN3)OC(c3ccc(OCc4ccc(Cl)c(Cl)c4)cc3)C(=O)N5)C(=O)O)cc2)cc1. The van der Waals surface area contributed by atoms with Crippen LogP contribution in [0.25, 0.3) is 11.1 Å². The smallest absolute Gasteiger partial charge is 0.326 e. The first-order valence-corrected chi connectivity index (χ1v) is 17.5. The highest BCUT2D eigenvalue weighted by Gasteiger charge is 2.33. The van der Waals surface area contributed by atoms with Gasteiger partial charge in [0.25, 0.3) is 5.91 Å². The van der Waals surface area contributed by atoms with Crippen molar-refractivity contribution in [1.82, 2.24) is 10.6 Å². The molecule has 0 spiro atoms. The fourth-order valence-electron chi connectivity index (χ4n) is 6.34. The van der Waals surface area contributed by atoms with E-state index in [1.165, 1.54) is 0 Å². The molecule has 0 bridgehead atoms. The summed E-state index contributed by atoms with van der Waals surface area (Å²) in [4.78, 5) is 38.7. The number of carboxylic acids is 1. The van der Waals surface area contributed by atoms with E-state index in [2.05, 4.69) is 22.0 Å². The predicted octanol–water partition coefficient (Wildman–Crippen LogP) is 7.01. The summed E-state index contributed by atoms with van der Waals surface area (Å²) in [5.74, 6) is -0.785. The Kier molecular flexibility index (Phi) is 10.3. The van der Waals surface area contributed by atoms with Crippen molar-refractivity contribution in [2.24, 2.45) is 0 Å². The van der Waals surface area contributed by atoms with E-state index in [1.54, 1.807) is 48.5 Å². The van der Waals surface area contributed by atoms with E-state index in [0.29, 0.717) is 57.9 Å². The lowest BCUT2D eigenvalue weighted by molar-refractivity contribution is -0.142. The molecule has 2 aliphatic heterocycles. The molecule has 10 nitrogen and oxygen atoms in total. The first-order valence-electron chi connectivity index (χ1n) is 16.8. The number of benzene rings is 5. The van der Waals surface area contributed by atoms with Crippen molar-refractivity contribution in [2.45, 2.75) is 44.2 Å². The van der Waals surface area contributed by atoms with Gasteiger partial charge in [0.15, 0.2) is 0 Å². The fraction of sp³-hybridized carbons (Fsp3) is 0.171. The molecular formula is C41H32Cl2N4O6. The van der Waals surface area contributed by atoms with Crippen molar-refractivity contribution in [1.29, 1.82) is 5.26 Å². The van der Waals surface area contributed by atoms with Crippen LogP contribution in [0.2, 0.25) is 10.0 Å². The number of hydrogen-bond donors (Lipinski definition) is 4. The standard InChI is InChI=1S/C41H32Cl2N4O6/c42-32-14-5-25(15-33(32)43)22-52-31-12-10-28(11-13-31)38-40(49)46-34-17-29-18-35(45-21-30(29)19-37(34)53-38)39(48)47-36(41(50)51)16-23-1-6-26(7-2-23)27-8-3-24(20-44)4-9-27/h1-15,17,19,35-36,38,45H,16,18,21-22H2,(H,46,49)(H,47,48)(H,50,51)/t35?,36-,38?/m0/s1. The van der Waals surface area contributed by atoms with Crippen LogP contribution in [-0.2, 0) is 40.4 Å². The third-order valence-corrected chi connectivity index (χ3v) is 9.99. The first kappa shape index (κ1) is 35.5. The maximum atomic E-state index is 13.3. The Balaban J connectivity index is 0.959. The maximum absolute atomic E-state index is 13.3. The predicted molar refractivity (Wildman–Crippen MR) is 200 cm³/mol. The average Bonchev–Trinajstić information content (AvgIpc) is 3.17. The van der Waals surface area contributed by atoms with Gasteiger partial charge in [0.1, 0.15) is 24.1 Å². The number of fused-ring (bicyclic) bond motifs is 2. The summed E-state index contributed by atoms with van der Waals surface area (Å²) in [6.45, 7) is 0.644. The number of hydrogen-bond acceptors (Lipinski definition) is 7. The lowest BCUT2D eigenvalue weighted by Gasteiger charge is -2.31. The first-order chi connectivity index (χ1) is 25.6. The van der Waals surface area contributed by atoms with Crippen LogP contribution in [0.1, 0.15) is 39.5 Å². The Morgan fingerprint density at radius 1 is 0.906 bits per heavy atom. The van der Waals surface area contributed by atoms with Crippen molar-refractivity contribution >= 4 is 46.7 Å². The number of ether oxygens (including phenoxy) is 2. The van der Waals surface area contributed by atoms with Gasteiger partial charge in [-0.1, -0.05) is 77.8 Å². The second kappa shape index (κ2) is 15.4. The highest BCUT2D eigenvalue weighted by atomic mass is 35.5. The minimum Gasteiger partial charge on any atom is -0.489 e. The lowest BCUT2D eigenvalue weighted by atomic mass is 9.93. The summed E-state index contributed by atoms with van der Waals surface area (Å²) in [5.41, 5.74) is 6.95. The van der Waals surface area contributed by atoms with Gasteiger partial charge >= 0.3 is 5.97 Å². The van der Waals surface area contributed by atoms with Crippen molar-refractivity contribution in [3.63, 3.8) is 0 Å². The van der Waals surface area contributed by atoms with E-state index in [-0.39, 0.29) is 12.3 Å². The Morgan fingerprint density at radius 3 is 2.28 bits per heavy atom. The van der Waals surface area contributed by atoms with Crippen molar-refractivity contribution in [3.05, 3.63) is 147 Å². The zero-order chi connectivity index (χ0) is 37.1. The topological polar surface area (TPSA) is 150 Å². The van der Waals surface area contributed by atoms with E-state index in [9.17, 15) is 19.5 Å². The van der Waals surface area contributed by atoms with Gasteiger partial charge in [-0.2, -0.15) is 5.26 Å². The molecule has 0 aliphatic carbocycles. The summed E-state index contributed by atoms with van der Waals surface area (Å²) >= 11 is 12.1. The van der Waals surface area contributed by atoms with E-state index in [0.717, 1.165) is 33.4 Å². The molecule has 0 fully saturated rings. The molecule has 4 N–H and O–H groups in total. The highest BCUT2D eigenvalue weighted by Crippen LogP contribution is 2.38. The molecule has 2 unspecified atom stereocenters. The molecule has 53 heavy (non-hydrogen) atoms. The van der Waals surface area contributed by atoms with Crippen LogP contribution in [0, 0.1) is 11.3 Å². The molecule has 2 heterocycles. The molecule has 12 heteroatoms. The number of aliphatic carboxylic acids is 1. The number of rotatable bonds is 10. The zero-order valence-electron chi connectivity index (χ0n) is 28.1. The lowest BCUT2D eigenvalue weighted by Crippen LogP contribution is -2.52. The van der Waals surface area contributed by atoms with Gasteiger partial charge in [0.05, 0.1) is 33.4 Å². The number of nitrogens with zero attached hydrogens (tertiary/aromatic N) is 1. The molecule has 2 amide bonds. The number of nitrogens with one attached hydrogen (secondary N) is 3. The Labute approximate surface area is 315 Å². The normalized spacial score (nSPS) is 16.5. The summed E-state index contributed by atoms with van der Waals surface area (Å²) < 4.78 is 12.0. The summed E-state index contributed by atoms with van der Waals surface area (Å²) in [5, 5.41) is 28.8. The van der Waals surface area contributed by atoms with Crippen LogP contribution in [0.3, 0.4) is 0 Å². The van der Waals surface area contributed by atoms with Gasteiger partial charge in [-0.15, -0.1) is 0 Å². The van der Waals surface area contributed by atoms with E-state index in [4.69, 9.17) is 37.9 Å². The molecule has 0 radical (unpaired) electrons.